The molecule has 0 spiro atoms. The van der Waals surface area contributed by atoms with E-state index < -0.39 is 0 Å². The van der Waals surface area contributed by atoms with Gasteiger partial charge in [0.25, 0.3) is 0 Å². The zero-order valence-corrected chi connectivity index (χ0v) is 12.4. The van der Waals surface area contributed by atoms with Gasteiger partial charge in [-0.25, -0.2) is 4.39 Å². The van der Waals surface area contributed by atoms with Crippen LogP contribution in [-0.2, 0) is 11.3 Å². The van der Waals surface area contributed by atoms with Gasteiger partial charge in [0.2, 0.25) is 0 Å². The lowest BCUT2D eigenvalue weighted by molar-refractivity contribution is 0.199. The largest absolute Gasteiger partial charge is 0.457 e. The molecule has 0 unspecified atom stereocenters. The van der Waals surface area contributed by atoms with Crippen LogP contribution in [0.4, 0.5) is 4.39 Å². The predicted molar refractivity (Wildman–Crippen MR) is 81.2 cm³/mol. The third-order valence-electron chi connectivity index (χ3n) is 3.09. The molecule has 3 nitrogen and oxygen atoms in total. The van der Waals surface area contributed by atoms with Gasteiger partial charge in [-0.2, -0.15) is 0 Å². The summed E-state index contributed by atoms with van der Waals surface area (Å²) in [5, 5.41) is 3.30. The van der Waals surface area contributed by atoms with E-state index in [9.17, 15) is 4.39 Å². The Kier molecular flexibility index (Phi) is 5.72. The first kappa shape index (κ1) is 15.5. The fourth-order valence-electron chi connectivity index (χ4n) is 1.97. The lowest BCUT2D eigenvalue weighted by Crippen LogP contribution is -2.18. The summed E-state index contributed by atoms with van der Waals surface area (Å²) in [4.78, 5) is 0. The summed E-state index contributed by atoms with van der Waals surface area (Å²) in [5.74, 6) is 1.14. The van der Waals surface area contributed by atoms with Crippen molar-refractivity contribution < 1.29 is 13.9 Å². The van der Waals surface area contributed by atoms with Gasteiger partial charge >= 0.3 is 0 Å². The Labute approximate surface area is 124 Å². The minimum Gasteiger partial charge on any atom is -0.457 e. The van der Waals surface area contributed by atoms with Crippen LogP contribution in [0.5, 0.6) is 11.5 Å². The molecule has 0 atom stereocenters. The van der Waals surface area contributed by atoms with Crippen LogP contribution in [0.15, 0.2) is 42.5 Å². The van der Waals surface area contributed by atoms with E-state index in [1.165, 1.54) is 17.7 Å². The predicted octanol–water partition coefficient (Wildman–Crippen LogP) is 3.66. The molecule has 0 radical (unpaired) electrons. The summed E-state index contributed by atoms with van der Waals surface area (Å²) >= 11 is 0. The van der Waals surface area contributed by atoms with Crippen molar-refractivity contribution in [2.75, 3.05) is 20.3 Å². The number of ether oxygens (including phenoxy) is 2. The van der Waals surface area contributed by atoms with Crippen LogP contribution >= 0.6 is 0 Å². The Morgan fingerprint density at radius 2 is 1.86 bits per heavy atom. The summed E-state index contributed by atoms with van der Waals surface area (Å²) in [6.07, 6.45) is 0. The van der Waals surface area contributed by atoms with Gasteiger partial charge in [0, 0.05) is 20.2 Å². The van der Waals surface area contributed by atoms with E-state index in [4.69, 9.17) is 9.47 Å². The molecule has 0 amide bonds. The highest BCUT2D eigenvalue weighted by Crippen LogP contribution is 2.25. The minimum absolute atomic E-state index is 0.267. The van der Waals surface area contributed by atoms with Crippen molar-refractivity contribution in [2.24, 2.45) is 0 Å². The van der Waals surface area contributed by atoms with Crippen LogP contribution in [0.25, 0.3) is 0 Å². The van der Waals surface area contributed by atoms with Gasteiger partial charge < -0.3 is 14.8 Å². The molecule has 0 aliphatic heterocycles. The fourth-order valence-corrected chi connectivity index (χ4v) is 1.97. The molecule has 0 aliphatic carbocycles. The van der Waals surface area contributed by atoms with E-state index >= 15 is 0 Å². The fraction of sp³-hybridized carbons (Fsp3) is 0.294. The van der Waals surface area contributed by atoms with Gasteiger partial charge in [0.05, 0.1) is 6.61 Å². The zero-order valence-electron chi connectivity index (χ0n) is 12.4. The molecule has 0 saturated heterocycles. The maximum absolute atomic E-state index is 12.9. The van der Waals surface area contributed by atoms with Gasteiger partial charge in [-0.15, -0.1) is 0 Å². The van der Waals surface area contributed by atoms with E-state index in [1.54, 1.807) is 19.2 Å². The molecule has 21 heavy (non-hydrogen) atoms. The van der Waals surface area contributed by atoms with Crippen molar-refractivity contribution in [1.29, 1.82) is 0 Å². The van der Waals surface area contributed by atoms with E-state index in [-0.39, 0.29) is 5.82 Å². The number of halogens is 1. The molecule has 0 saturated carbocycles. The first-order valence-corrected chi connectivity index (χ1v) is 6.91. The third kappa shape index (κ3) is 4.85. The topological polar surface area (TPSA) is 30.5 Å². The van der Waals surface area contributed by atoms with Crippen LogP contribution in [0.3, 0.4) is 0 Å². The third-order valence-corrected chi connectivity index (χ3v) is 3.09. The molecule has 0 fully saturated rings. The molecular weight excluding hydrogens is 269 g/mol. The van der Waals surface area contributed by atoms with Crippen LogP contribution in [0, 0.1) is 12.7 Å². The second kappa shape index (κ2) is 7.76. The van der Waals surface area contributed by atoms with Crippen LogP contribution in [-0.4, -0.2) is 20.3 Å². The molecule has 2 rings (SSSR count). The molecule has 2 aromatic carbocycles. The van der Waals surface area contributed by atoms with Gasteiger partial charge in [-0.3, -0.25) is 0 Å². The summed E-state index contributed by atoms with van der Waals surface area (Å²) in [5.41, 5.74) is 2.24. The standard InChI is InChI=1S/C17H20FNO2/c1-13-11-14(12-19-9-10-20-2)3-8-17(13)21-16-6-4-15(18)5-7-16/h3-8,11,19H,9-10,12H2,1-2H3. The van der Waals surface area contributed by atoms with Crippen LogP contribution < -0.4 is 10.1 Å². The lowest BCUT2D eigenvalue weighted by atomic mass is 10.1. The van der Waals surface area contributed by atoms with E-state index in [2.05, 4.69) is 11.4 Å². The lowest BCUT2D eigenvalue weighted by Gasteiger charge is -2.11. The number of nitrogens with one attached hydrogen (secondary N) is 1. The quantitative estimate of drug-likeness (QED) is 0.789. The average molecular weight is 289 g/mol. The number of methoxy groups -OCH3 is 1. The van der Waals surface area contributed by atoms with Gasteiger partial charge in [-0.1, -0.05) is 12.1 Å². The van der Waals surface area contributed by atoms with Crippen molar-refractivity contribution in [3.63, 3.8) is 0 Å². The highest BCUT2D eigenvalue weighted by molar-refractivity contribution is 5.39. The average Bonchev–Trinajstić information content (AvgIpc) is 2.48. The number of rotatable bonds is 7. The smallest absolute Gasteiger partial charge is 0.130 e. The Hall–Kier alpha value is -1.91. The Bertz CT molecular complexity index is 570. The first-order valence-electron chi connectivity index (χ1n) is 6.91. The van der Waals surface area contributed by atoms with Crippen LogP contribution in [0.1, 0.15) is 11.1 Å². The SMILES string of the molecule is COCCNCc1ccc(Oc2ccc(F)cc2)c(C)c1. The molecule has 112 valence electrons. The van der Waals surface area contributed by atoms with Crippen LogP contribution in [0.2, 0.25) is 0 Å². The van der Waals surface area contributed by atoms with Crippen molar-refractivity contribution in [2.45, 2.75) is 13.5 Å². The van der Waals surface area contributed by atoms with E-state index in [1.807, 2.05) is 19.1 Å². The summed E-state index contributed by atoms with van der Waals surface area (Å²) in [6, 6.07) is 12.1. The summed E-state index contributed by atoms with van der Waals surface area (Å²) < 4.78 is 23.6. The molecule has 1 N–H and O–H groups in total. The monoisotopic (exact) mass is 289 g/mol. The Morgan fingerprint density at radius 1 is 1.10 bits per heavy atom. The summed E-state index contributed by atoms with van der Waals surface area (Å²) in [6.45, 7) is 4.31. The van der Waals surface area contributed by atoms with Gasteiger partial charge in [-0.05, 0) is 48.4 Å². The van der Waals surface area contributed by atoms with Crippen molar-refractivity contribution in [3.05, 3.63) is 59.4 Å². The molecule has 0 bridgehead atoms. The van der Waals surface area contributed by atoms with Gasteiger partial charge in [0.1, 0.15) is 17.3 Å². The number of hydrogen-bond acceptors (Lipinski definition) is 3. The molecule has 4 heteroatoms. The Morgan fingerprint density at radius 3 is 2.52 bits per heavy atom. The molecule has 0 aromatic heterocycles. The summed E-state index contributed by atoms with van der Waals surface area (Å²) in [7, 11) is 1.69. The Balaban J connectivity index is 1.97. The van der Waals surface area contributed by atoms with Crippen molar-refractivity contribution in [1.82, 2.24) is 5.32 Å². The second-order valence-corrected chi connectivity index (χ2v) is 4.83. The van der Waals surface area contributed by atoms with E-state index in [0.29, 0.717) is 12.4 Å². The maximum atomic E-state index is 12.9. The van der Waals surface area contributed by atoms with Crippen molar-refractivity contribution in [3.8, 4) is 11.5 Å². The molecule has 2 aromatic rings. The molecular formula is C17H20FNO2. The molecule has 0 aliphatic rings. The van der Waals surface area contributed by atoms with E-state index in [0.717, 1.165) is 24.4 Å². The number of hydrogen-bond donors (Lipinski definition) is 1. The first-order chi connectivity index (χ1) is 10.2. The number of aryl methyl sites for hydroxylation is 1. The highest BCUT2D eigenvalue weighted by atomic mass is 19.1. The second-order valence-electron chi connectivity index (χ2n) is 4.83. The number of benzene rings is 2. The zero-order chi connectivity index (χ0) is 15.1. The van der Waals surface area contributed by atoms with Crippen molar-refractivity contribution >= 4 is 0 Å². The maximum Gasteiger partial charge on any atom is 0.130 e. The molecule has 0 heterocycles. The highest BCUT2D eigenvalue weighted by Gasteiger charge is 2.03. The van der Waals surface area contributed by atoms with Gasteiger partial charge in [0.15, 0.2) is 0 Å². The minimum atomic E-state index is -0.267. The normalized spacial score (nSPS) is 10.6.